The first-order chi connectivity index (χ1) is 11.4. The van der Waals surface area contributed by atoms with E-state index in [0.717, 1.165) is 24.9 Å². The van der Waals surface area contributed by atoms with Gasteiger partial charge in [-0.15, -0.1) is 0 Å². The number of unbranched alkanes of at least 4 members (excludes halogenated alkanes) is 1. The van der Waals surface area contributed by atoms with Crippen molar-refractivity contribution in [2.75, 3.05) is 0 Å². The summed E-state index contributed by atoms with van der Waals surface area (Å²) in [4.78, 5) is 11.9. The van der Waals surface area contributed by atoms with Gasteiger partial charge >= 0.3 is 0 Å². The van der Waals surface area contributed by atoms with E-state index >= 15 is 0 Å². The first-order valence-corrected chi connectivity index (χ1v) is 9.32. The molecule has 0 saturated heterocycles. The Kier molecular flexibility index (Phi) is 8.74. The average Bonchev–Trinajstić information content (AvgIpc) is 2.57. The highest BCUT2D eigenvalue weighted by molar-refractivity contribution is 7.89. The fraction of sp³-hybridized carbons (Fsp3) is 0.294. The Bertz CT molecular complexity index is 765. The van der Waals surface area contributed by atoms with Crippen LogP contribution >= 0.6 is 0 Å². The number of nitrogens with zero attached hydrogens (tertiary/aromatic N) is 1. The number of aromatic nitrogens is 1. The first-order valence-electron chi connectivity index (χ1n) is 7.78. The Morgan fingerprint density at radius 1 is 1.04 bits per heavy atom. The molecule has 25 heavy (non-hydrogen) atoms. The summed E-state index contributed by atoms with van der Waals surface area (Å²) < 4.78 is 24.4. The van der Waals surface area contributed by atoms with Gasteiger partial charge < -0.3 is 22.3 Å². The highest BCUT2D eigenvalue weighted by atomic mass is 79.9. The number of rotatable bonds is 8. The van der Waals surface area contributed by atoms with E-state index < -0.39 is 10.0 Å². The summed E-state index contributed by atoms with van der Waals surface area (Å²) in [5.74, 6) is -0.0106. The molecule has 0 aliphatic carbocycles. The molecular formula is C17H22BrN3O3S. The molecule has 3 N–H and O–H groups in total. The quantitative estimate of drug-likeness (QED) is 0.381. The van der Waals surface area contributed by atoms with E-state index in [0.29, 0.717) is 13.0 Å². The van der Waals surface area contributed by atoms with Gasteiger partial charge in [-0.1, -0.05) is 18.2 Å². The summed E-state index contributed by atoms with van der Waals surface area (Å²) in [6, 6.07) is 12.1. The average molecular weight is 428 g/mol. The van der Waals surface area contributed by atoms with Crippen LogP contribution in [-0.2, 0) is 27.9 Å². The fourth-order valence-corrected chi connectivity index (χ4v) is 2.76. The van der Waals surface area contributed by atoms with Gasteiger partial charge in [0.15, 0.2) is 12.4 Å². The summed E-state index contributed by atoms with van der Waals surface area (Å²) in [5.41, 5.74) is 0.829. The molecule has 136 valence electrons. The van der Waals surface area contributed by atoms with Crippen molar-refractivity contribution in [1.29, 1.82) is 0 Å². The zero-order valence-corrected chi connectivity index (χ0v) is 16.2. The van der Waals surface area contributed by atoms with Gasteiger partial charge in [-0.3, -0.25) is 4.79 Å². The van der Waals surface area contributed by atoms with Crippen molar-refractivity contribution in [1.82, 2.24) is 5.32 Å². The topological polar surface area (TPSA) is 93.1 Å². The lowest BCUT2D eigenvalue weighted by Gasteiger charge is -2.06. The Morgan fingerprint density at radius 3 is 2.28 bits per heavy atom. The van der Waals surface area contributed by atoms with E-state index in [9.17, 15) is 13.2 Å². The third-order valence-corrected chi connectivity index (χ3v) is 4.52. The lowest BCUT2D eigenvalue weighted by molar-refractivity contribution is -0.697. The van der Waals surface area contributed by atoms with Gasteiger partial charge in [-0.25, -0.2) is 18.1 Å². The van der Waals surface area contributed by atoms with Crippen molar-refractivity contribution < 1.29 is 34.8 Å². The zero-order chi connectivity index (χ0) is 17.4. The van der Waals surface area contributed by atoms with Gasteiger partial charge in [0.25, 0.3) is 0 Å². The molecule has 1 heterocycles. The highest BCUT2D eigenvalue weighted by Crippen LogP contribution is 2.08. The summed E-state index contributed by atoms with van der Waals surface area (Å²) in [6.07, 6.45) is 6.24. The number of aryl methyl sites for hydroxylation is 1. The predicted octanol–water partition coefficient (Wildman–Crippen LogP) is -1.89. The number of nitrogens with one attached hydrogen (secondary N) is 1. The molecule has 0 aliphatic rings. The van der Waals surface area contributed by atoms with Crippen molar-refractivity contribution >= 4 is 15.9 Å². The summed E-state index contributed by atoms with van der Waals surface area (Å²) >= 11 is 0. The van der Waals surface area contributed by atoms with Crippen molar-refractivity contribution in [3.8, 4) is 0 Å². The first kappa shape index (κ1) is 21.3. The van der Waals surface area contributed by atoms with E-state index in [1.54, 1.807) is 12.1 Å². The highest BCUT2D eigenvalue weighted by Gasteiger charge is 2.07. The maximum Gasteiger partial charge on any atom is 0.238 e. The molecule has 0 unspecified atom stereocenters. The van der Waals surface area contributed by atoms with Crippen molar-refractivity contribution in [2.45, 2.75) is 37.2 Å². The Balaban J connectivity index is 0.00000312. The lowest BCUT2D eigenvalue weighted by atomic mass is 10.2. The molecule has 0 saturated carbocycles. The van der Waals surface area contributed by atoms with E-state index in [-0.39, 0.29) is 27.8 Å². The maximum atomic E-state index is 11.8. The van der Waals surface area contributed by atoms with Gasteiger partial charge in [-0.2, -0.15) is 0 Å². The normalized spacial score (nSPS) is 10.8. The summed E-state index contributed by atoms with van der Waals surface area (Å²) in [7, 11) is -3.68. The van der Waals surface area contributed by atoms with Gasteiger partial charge in [0.2, 0.25) is 15.9 Å². The number of nitrogens with two attached hydrogens (primary N) is 1. The second kappa shape index (κ2) is 10.3. The number of amides is 1. The van der Waals surface area contributed by atoms with E-state index in [1.807, 2.05) is 30.6 Å². The van der Waals surface area contributed by atoms with E-state index in [1.165, 1.54) is 12.1 Å². The lowest BCUT2D eigenvalue weighted by Crippen LogP contribution is -3.00. The second-order valence-electron chi connectivity index (χ2n) is 5.54. The molecule has 0 fully saturated rings. The summed E-state index contributed by atoms with van der Waals surface area (Å²) in [6.45, 7) is 1.26. The molecule has 2 rings (SSSR count). The number of halogens is 1. The van der Waals surface area contributed by atoms with Crippen LogP contribution in [0.25, 0.3) is 0 Å². The van der Waals surface area contributed by atoms with Crippen LogP contribution in [0.5, 0.6) is 0 Å². The Hall–Kier alpha value is -1.77. The molecule has 1 aromatic carbocycles. The van der Waals surface area contributed by atoms with Crippen LogP contribution in [0.15, 0.2) is 59.8 Å². The van der Waals surface area contributed by atoms with Gasteiger partial charge in [0.1, 0.15) is 6.54 Å². The number of hydrogen-bond acceptors (Lipinski definition) is 3. The molecule has 0 spiro atoms. The molecule has 0 aliphatic heterocycles. The molecule has 6 nitrogen and oxygen atoms in total. The SMILES string of the molecule is NS(=O)(=O)c1ccc(CNC(=O)CCCC[n+]2ccccc2)cc1.[Br-]. The number of primary sulfonamides is 1. The number of pyridine rings is 1. The van der Waals surface area contributed by atoms with Crippen LogP contribution < -0.4 is 32.0 Å². The van der Waals surface area contributed by atoms with Crippen LogP contribution in [0.3, 0.4) is 0 Å². The van der Waals surface area contributed by atoms with Crippen LogP contribution in [0.4, 0.5) is 0 Å². The van der Waals surface area contributed by atoms with E-state index in [2.05, 4.69) is 9.88 Å². The largest absolute Gasteiger partial charge is 1.00 e. The van der Waals surface area contributed by atoms with Gasteiger partial charge in [0.05, 0.1) is 4.90 Å². The standard InChI is InChI=1S/C17H21N3O3S.BrH/c18-24(22,23)16-9-7-15(8-10-16)14-19-17(21)6-2-5-13-20-11-3-1-4-12-20;/h1,3-4,7-12H,2,5-6,13-14H2,(H2-,18,19,21,22,23);1H. The Morgan fingerprint density at radius 2 is 1.68 bits per heavy atom. The summed E-state index contributed by atoms with van der Waals surface area (Å²) in [5, 5.41) is 7.87. The minimum absolute atomic E-state index is 0. The smallest absolute Gasteiger partial charge is 0.238 e. The molecular weight excluding hydrogens is 406 g/mol. The molecule has 0 bridgehead atoms. The molecule has 0 atom stereocenters. The molecule has 8 heteroatoms. The van der Waals surface area contributed by atoms with Crippen LogP contribution in [-0.4, -0.2) is 14.3 Å². The van der Waals surface area contributed by atoms with E-state index in [4.69, 9.17) is 5.14 Å². The van der Waals surface area contributed by atoms with Gasteiger partial charge in [-0.05, 0) is 24.1 Å². The van der Waals surface area contributed by atoms with Crippen molar-refractivity contribution in [3.05, 3.63) is 60.4 Å². The fourth-order valence-electron chi connectivity index (χ4n) is 2.25. The minimum atomic E-state index is -3.68. The minimum Gasteiger partial charge on any atom is -1.00 e. The molecule has 0 radical (unpaired) electrons. The third kappa shape index (κ3) is 7.76. The molecule has 1 aromatic heterocycles. The van der Waals surface area contributed by atoms with Gasteiger partial charge in [0, 0.05) is 31.5 Å². The predicted molar refractivity (Wildman–Crippen MR) is 90.1 cm³/mol. The molecule has 1 amide bonds. The van der Waals surface area contributed by atoms with Crippen LogP contribution in [0, 0.1) is 0 Å². The van der Waals surface area contributed by atoms with Crippen LogP contribution in [0.1, 0.15) is 24.8 Å². The third-order valence-electron chi connectivity index (χ3n) is 3.59. The number of hydrogen-bond donors (Lipinski definition) is 2. The van der Waals surface area contributed by atoms with Crippen LogP contribution in [0.2, 0.25) is 0 Å². The van der Waals surface area contributed by atoms with Crippen molar-refractivity contribution in [3.63, 3.8) is 0 Å². The number of benzene rings is 1. The monoisotopic (exact) mass is 427 g/mol. The number of sulfonamides is 1. The zero-order valence-electron chi connectivity index (χ0n) is 13.8. The second-order valence-corrected chi connectivity index (χ2v) is 7.10. The molecule has 2 aromatic rings. The number of carbonyl (C=O) groups excluding carboxylic acids is 1. The Labute approximate surface area is 158 Å². The maximum absolute atomic E-state index is 11.8. The van der Waals surface area contributed by atoms with Crippen molar-refractivity contribution in [2.24, 2.45) is 5.14 Å². The number of carbonyl (C=O) groups is 1.